The first kappa shape index (κ1) is 18.9. The molecule has 0 fully saturated rings. The van der Waals surface area contributed by atoms with Crippen LogP contribution in [0.5, 0.6) is 17.2 Å². The van der Waals surface area contributed by atoms with E-state index in [2.05, 4.69) is 10.1 Å². The van der Waals surface area contributed by atoms with Gasteiger partial charge in [-0.3, -0.25) is 4.98 Å². The maximum absolute atomic E-state index is 6.16. The van der Waals surface area contributed by atoms with Gasteiger partial charge in [0.1, 0.15) is 19.0 Å². The van der Waals surface area contributed by atoms with Crippen LogP contribution in [0.25, 0.3) is 0 Å². The summed E-state index contributed by atoms with van der Waals surface area (Å²) in [6.45, 7) is 0.799. The third kappa shape index (κ3) is 4.70. The molecule has 0 saturated heterocycles. The highest BCUT2D eigenvalue weighted by molar-refractivity contribution is 6.32. The lowest BCUT2D eigenvalue weighted by Gasteiger charge is -2.07. The number of hydrogen-bond donors (Lipinski definition) is 1. The predicted molar refractivity (Wildman–Crippen MR) is 108 cm³/mol. The zero-order valence-electron chi connectivity index (χ0n) is 15.4. The van der Waals surface area contributed by atoms with Crippen molar-refractivity contribution in [1.29, 1.82) is 0 Å². The number of nitrogens with two attached hydrogens (primary N) is 1. The second-order valence-electron chi connectivity index (χ2n) is 6.24. The van der Waals surface area contributed by atoms with Gasteiger partial charge >= 0.3 is 0 Å². The number of fused-ring (bicyclic) bond motifs is 1. The van der Waals surface area contributed by atoms with Gasteiger partial charge in [0.25, 0.3) is 0 Å². The summed E-state index contributed by atoms with van der Waals surface area (Å²) in [5, 5.41) is 4.44. The Bertz CT molecular complexity index is 1010. The van der Waals surface area contributed by atoms with Crippen molar-refractivity contribution >= 4 is 17.4 Å². The summed E-state index contributed by atoms with van der Waals surface area (Å²) in [7, 11) is 0. The maximum Gasteiger partial charge on any atom is 0.231 e. The van der Waals surface area contributed by atoms with Gasteiger partial charge in [0, 0.05) is 23.5 Å². The number of rotatable bonds is 7. The van der Waals surface area contributed by atoms with E-state index in [0.29, 0.717) is 23.1 Å². The monoisotopic (exact) mass is 411 g/mol. The molecule has 0 radical (unpaired) electrons. The summed E-state index contributed by atoms with van der Waals surface area (Å²) in [6.07, 6.45) is 3.49. The molecule has 0 spiro atoms. The first-order valence-electron chi connectivity index (χ1n) is 8.84. The van der Waals surface area contributed by atoms with E-state index in [1.54, 1.807) is 24.5 Å². The van der Waals surface area contributed by atoms with E-state index in [4.69, 9.17) is 36.4 Å². The molecule has 148 valence electrons. The first-order chi connectivity index (χ1) is 14.2. The summed E-state index contributed by atoms with van der Waals surface area (Å²) >= 11 is 6.16. The number of halogens is 1. The Balaban J connectivity index is 1.32. The van der Waals surface area contributed by atoms with Crippen LogP contribution < -0.4 is 19.9 Å². The number of oxime groups is 1. The van der Waals surface area contributed by atoms with Gasteiger partial charge in [-0.1, -0.05) is 22.8 Å². The quantitative estimate of drug-likeness (QED) is 0.360. The molecule has 1 aromatic heterocycles. The van der Waals surface area contributed by atoms with Crippen molar-refractivity contribution in [2.45, 2.75) is 13.2 Å². The lowest BCUT2D eigenvalue weighted by molar-refractivity contribution is 0.130. The van der Waals surface area contributed by atoms with Gasteiger partial charge in [0.15, 0.2) is 17.3 Å². The molecule has 1 aliphatic heterocycles. The summed E-state index contributed by atoms with van der Waals surface area (Å²) < 4.78 is 16.3. The molecule has 0 aliphatic carbocycles. The molecular weight excluding hydrogens is 394 g/mol. The number of pyridine rings is 1. The van der Waals surface area contributed by atoms with Gasteiger partial charge < -0.3 is 24.8 Å². The van der Waals surface area contributed by atoms with Crippen LogP contribution in [0, 0.1) is 0 Å². The fourth-order valence-electron chi connectivity index (χ4n) is 2.71. The van der Waals surface area contributed by atoms with Gasteiger partial charge in [-0.2, -0.15) is 0 Å². The van der Waals surface area contributed by atoms with Crippen molar-refractivity contribution in [2.24, 2.45) is 10.9 Å². The summed E-state index contributed by atoms with van der Waals surface area (Å²) in [5.41, 5.74) is 8.52. The summed E-state index contributed by atoms with van der Waals surface area (Å²) in [6, 6.07) is 14.7. The highest BCUT2D eigenvalue weighted by Gasteiger charge is 2.18. The number of ether oxygens (including phenoxy) is 3. The molecule has 7 nitrogen and oxygen atoms in total. The first-order valence-corrected chi connectivity index (χ1v) is 9.22. The van der Waals surface area contributed by atoms with E-state index < -0.39 is 0 Å². The van der Waals surface area contributed by atoms with Crippen molar-refractivity contribution < 1.29 is 19.0 Å². The van der Waals surface area contributed by atoms with E-state index in [1.165, 1.54) is 0 Å². The van der Waals surface area contributed by atoms with E-state index >= 15 is 0 Å². The Morgan fingerprint density at radius 1 is 1.10 bits per heavy atom. The minimum atomic E-state index is 0.159. The molecular formula is C21H18ClN3O4. The Kier molecular flexibility index (Phi) is 5.67. The molecule has 2 heterocycles. The Labute approximate surface area is 172 Å². The zero-order valence-corrected chi connectivity index (χ0v) is 16.1. The van der Waals surface area contributed by atoms with E-state index in [9.17, 15) is 0 Å². The maximum atomic E-state index is 6.16. The Morgan fingerprint density at radius 2 is 1.97 bits per heavy atom. The van der Waals surface area contributed by atoms with Crippen molar-refractivity contribution in [1.82, 2.24) is 4.98 Å². The van der Waals surface area contributed by atoms with Crippen LogP contribution in [0.4, 0.5) is 0 Å². The minimum absolute atomic E-state index is 0.159. The number of nitrogens with zero attached hydrogens (tertiary/aromatic N) is 2. The van der Waals surface area contributed by atoms with Crippen LogP contribution in [-0.2, 0) is 18.1 Å². The van der Waals surface area contributed by atoms with Crippen molar-refractivity contribution in [3.63, 3.8) is 0 Å². The molecule has 29 heavy (non-hydrogen) atoms. The predicted octanol–water partition coefficient (Wildman–Crippen LogP) is 3.88. The smallest absolute Gasteiger partial charge is 0.231 e. The molecule has 1 aliphatic rings. The molecule has 4 rings (SSSR count). The van der Waals surface area contributed by atoms with Crippen LogP contribution in [0.2, 0.25) is 5.02 Å². The molecule has 8 heteroatoms. The minimum Gasteiger partial charge on any atom is -0.489 e. The van der Waals surface area contributed by atoms with Crippen LogP contribution in [0.3, 0.4) is 0 Å². The third-order valence-corrected chi connectivity index (χ3v) is 4.44. The molecule has 0 saturated carbocycles. The number of benzene rings is 2. The van der Waals surface area contributed by atoms with E-state index in [0.717, 1.165) is 22.4 Å². The SMILES string of the molecule is N/C(=N/OCc1cc(Cl)c2c(c1)OCO2)c1ccc(OCc2cccnc2)cc1. The van der Waals surface area contributed by atoms with Gasteiger partial charge in [-0.15, -0.1) is 0 Å². The Hall–Kier alpha value is -3.45. The lowest BCUT2D eigenvalue weighted by Crippen LogP contribution is -2.13. The molecule has 2 aromatic carbocycles. The number of amidine groups is 1. The highest BCUT2D eigenvalue weighted by Crippen LogP contribution is 2.39. The van der Waals surface area contributed by atoms with Crippen molar-refractivity contribution in [3.05, 3.63) is 82.6 Å². The zero-order chi connectivity index (χ0) is 20.1. The fourth-order valence-corrected chi connectivity index (χ4v) is 2.99. The topological polar surface area (TPSA) is 88.2 Å². The molecule has 0 amide bonds. The highest BCUT2D eigenvalue weighted by atomic mass is 35.5. The van der Waals surface area contributed by atoms with Gasteiger partial charge in [-0.05, 0) is 48.0 Å². The largest absolute Gasteiger partial charge is 0.489 e. The lowest BCUT2D eigenvalue weighted by atomic mass is 10.2. The van der Waals surface area contributed by atoms with Crippen molar-refractivity contribution in [2.75, 3.05) is 6.79 Å². The Morgan fingerprint density at radius 3 is 2.76 bits per heavy atom. The number of hydrogen-bond acceptors (Lipinski definition) is 6. The standard InChI is InChI=1S/C21H18ClN3O4/c22-18-8-15(9-19-20(18)28-13-27-19)12-29-25-21(23)16-3-5-17(6-4-16)26-11-14-2-1-7-24-10-14/h1-10H,11-13H2,(H2,23,25). The number of aromatic nitrogens is 1. The van der Waals surface area contributed by atoms with Crippen LogP contribution >= 0.6 is 11.6 Å². The van der Waals surface area contributed by atoms with Gasteiger partial charge in [-0.25, -0.2) is 0 Å². The van der Waals surface area contributed by atoms with Crippen LogP contribution in [0.1, 0.15) is 16.7 Å². The fraction of sp³-hybridized carbons (Fsp3) is 0.143. The van der Waals surface area contributed by atoms with E-state index in [-0.39, 0.29) is 19.2 Å². The average Bonchev–Trinajstić information content (AvgIpc) is 3.23. The molecule has 0 atom stereocenters. The van der Waals surface area contributed by atoms with Gasteiger partial charge in [0.05, 0.1) is 5.02 Å². The molecule has 3 aromatic rings. The molecule has 0 bridgehead atoms. The summed E-state index contributed by atoms with van der Waals surface area (Å²) in [4.78, 5) is 9.42. The average molecular weight is 412 g/mol. The van der Waals surface area contributed by atoms with Gasteiger partial charge in [0.2, 0.25) is 6.79 Å². The van der Waals surface area contributed by atoms with Crippen molar-refractivity contribution in [3.8, 4) is 17.2 Å². The third-order valence-electron chi connectivity index (χ3n) is 4.16. The van der Waals surface area contributed by atoms with Crippen LogP contribution in [-0.4, -0.2) is 17.6 Å². The summed E-state index contributed by atoms with van der Waals surface area (Å²) in [5.74, 6) is 2.12. The normalized spacial score (nSPS) is 12.7. The molecule has 2 N–H and O–H groups in total. The van der Waals surface area contributed by atoms with Crippen LogP contribution in [0.15, 0.2) is 66.1 Å². The molecule has 0 unspecified atom stereocenters. The van der Waals surface area contributed by atoms with E-state index in [1.807, 2.05) is 36.4 Å². The second kappa shape index (κ2) is 8.70. The second-order valence-corrected chi connectivity index (χ2v) is 6.64.